The molecule has 0 aliphatic heterocycles. The Balaban J connectivity index is 2.30. The van der Waals surface area contributed by atoms with Crippen LogP contribution in [0.1, 0.15) is 25.3 Å². The molecule has 0 saturated heterocycles. The third-order valence-electron chi connectivity index (χ3n) is 2.68. The molecule has 1 heterocycles. The van der Waals surface area contributed by atoms with Gasteiger partial charge in [-0.2, -0.15) is 0 Å². The van der Waals surface area contributed by atoms with Gasteiger partial charge in [-0.05, 0) is 30.4 Å². The highest BCUT2D eigenvalue weighted by Gasteiger charge is 2.08. The van der Waals surface area contributed by atoms with Crippen molar-refractivity contribution in [1.29, 1.82) is 0 Å². The van der Waals surface area contributed by atoms with Crippen LogP contribution >= 0.6 is 23.3 Å². The fourth-order valence-corrected chi connectivity index (χ4v) is 2.85. The third-order valence-corrected chi connectivity index (χ3v) is 4.18. The summed E-state index contributed by atoms with van der Waals surface area (Å²) in [5.74, 6) is 0. The quantitative estimate of drug-likeness (QED) is 0.826. The Bertz CT molecular complexity index is 480. The summed E-state index contributed by atoms with van der Waals surface area (Å²) in [6.07, 6.45) is 3.56. The molecule has 2 aromatic rings. The van der Waals surface area contributed by atoms with Crippen molar-refractivity contribution in [1.82, 2.24) is 4.98 Å². The minimum atomic E-state index is 0.922. The van der Waals surface area contributed by atoms with Gasteiger partial charge in [0.05, 0.1) is 5.69 Å². The Hall–Kier alpha value is -0.840. The van der Waals surface area contributed by atoms with Gasteiger partial charge in [0, 0.05) is 10.9 Å². The van der Waals surface area contributed by atoms with E-state index in [1.807, 2.05) is 0 Å². The molecule has 0 bridgehead atoms. The van der Waals surface area contributed by atoms with Gasteiger partial charge in [0.1, 0.15) is 0 Å². The maximum Gasteiger partial charge on any atom is 0.165 e. The Morgan fingerprint density at radius 2 is 2.18 bits per heavy atom. The van der Waals surface area contributed by atoms with Crippen LogP contribution in [0.3, 0.4) is 0 Å². The first-order valence-electron chi connectivity index (χ1n) is 5.75. The lowest BCUT2D eigenvalue weighted by molar-refractivity contribution is 0.796. The molecule has 90 valence electrons. The van der Waals surface area contributed by atoms with Crippen LogP contribution in [0.15, 0.2) is 34.0 Å². The first kappa shape index (κ1) is 12.6. The van der Waals surface area contributed by atoms with Crippen molar-refractivity contribution in [3.8, 4) is 11.3 Å². The Labute approximate surface area is 110 Å². The lowest BCUT2D eigenvalue weighted by Gasteiger charge is -2.06. The van der Waals surface area contributed by atoms with E-state index < -0.39 is 0 Å². The van der Waals surface area contributed by atoms with Gasteiger partial charge >= 0.3 is 0 Å². The molecular weight excluding hydrogens is 248 g/mol. The number of hydrogen-bond acceptors (Lipinski definition) is 4. The van der Waals surface area contributed by atoms with Gasteiger partial charge in [-0.1, -0.05) is 37.6 Å². The standard InChI is InChI=1S/C13H16N2S2/c1-2-3-6-10-7-4-5-8-11(10)12-9-16-13(15-12)17-14/h4-5,7-9H,2-3,6,14H2,1H3. The lowest BCUT2D eigenvalue weighted by atomic mass is 10.0. The molecule has 0 atom stereocenters. The fraction of sp³-hybridized carbons (Fsp3) is 0.308. The van der Waals surface area contributed by atoms with Crippen molar-refractivity contribution in [2.24, 2.45) is 5.14 Å². The molecule has 17 heavy (non-hydrogen) atoms. The minimum Gasteiger partial charge on any atom is -0.272 e. The number of rotatable bonds is 5. The van der Waals surface area contributed by atoms with Crippen LogP contribution in [0.5, 0.6) is 0 Å². The number of aryl methyl sites for hydroxylation is 1. The number of benzene rings is 1. The predicted molar refractivity (Wildman–Crippen MR) is 76.2 cm³/mol. The molecule has 0 radical (unpaired) electrons. The number of thiazole rings is 1. The molecule has 0 amide bonds. The Morgan fingerprint density at radius 1 is 1.35 bits per heavy atom. The first-order chi connectivity index (χ1) is 8.35. The van der Waals surface area contributed by atoms with E-state index in [9.17, 15) is 0 Å². The highest BCUT2D eigenvalue weighted by molar-refractivity contribution is 7.98. The van der Waals surface area contributed by atoms with Crippen molar-refractivity contribution in [2.45, 2.75) is 30.5 Å². The maximum absolute atomic E-state index is 5.52. The summed E-state index contributed by atoms with van der Waals surface area (Å²) in [6, 6.07) is 8.50. The smallest absolute Gasteiger partial charge is 0.165 e. The zero-order chi connectivity index (χ0) is 12.1. The zero-order valence-electron chi connectivity index (χ0n) is 9.85. The van der Waals surface area contributed by atoms with Gasteiger partial charge < -0.3 is 0 Å². The normalized spacial score (nSPS) is 10.7. The van der Waals surface area contributed by atoms with E-state index in [1.165, 1.54) is 35.9 Å². The molecule has 0 fully saturated rings. The van der Waals surface area contributed by atoms with Crippen molar-refractivity contribution in [2.75, 3.05) is 0 Å². The predicted octanol–water partition coefficient (Wildman–Crippen LogP) is 4.12. The molecule has 2 rings (SSSR count). The van der Waals surface area contributed by atoms with Gasteiger partial charge in [0.25, 0.3) is 0 Å². The summed E-state index contributed by atoms with van der Waals surface area (Å²) in [6.45, 7) is 2.22. The summed E-state index contributed by atoms with van der Waals surface area (Å²) >= 11 is 2.82. The molecule has 1 aromatic carbocycles. The van der Waals surface area contributed by atoms with Crippen molar-refractivity contribution in [3.05, 3.63) is 35.2 Å². The van der Waals surface area contributed by atoms with E-state index in [1.54, 1.807) is 11.3 Å². The number of unbranched alkanes of at least 4 members (excludes halogenated alkanes) is 1. The topological polar surface area (TPSA) is 38.9 Å². The summed E-state index contributed by atoms with van der Waals surface area (Å²) in [5, 5.41) is 7.61. The second kappa shape index (κ2) is 6.19. The molecule has 2 nitrogen and oxygen atoms in total. The number of nitrogens with two attached hydrogens (primary N) is 1. The molecule has 2 N–H and O–H groups in total. The Morgan fingerprint density at radius 3 is 2.88 bits per heavy atom. The summed E-state index contributed by atoms with van der Waals surface area (Å²) in [7, 11) is 0. The summed E-state index contributed by atoms with van der Waals surface area (Å²) < 4.78 is 0.922. The van der Waals surface area contributed by atoms with Gasteiger partial charge in [0.15, 0.2) is 4.34 Å². The average molecular weight is 264 g/mol. The molecule has 0 spiro atoms. The average Bonchev–Trinajstić information content (AvgIpc) is 2.85. The van der Waals surface area contributed by atoms with Crippen molar-refractivity contribution in [3.63, 3.8) is 0 Å². The van der Waals surface area contributed by atoms with Crippen LogP contribution in [0.2, 0.25) is 0 Å². The van der Waals surface area contributed by atoms with Gasteiger partial charge in [0.2, 0.25) is 0 Å². The van der Waals surface area contributed by atoms with E-state index >= 15 is 0 Å². The van der Waals surface area contributed by atoms with Gasteiger partial charge in [-0.3, -0.25) is 5.14 Å². The van der Waals surface area contributed by atoms with Gasteiger partial charge in [-0.25, -0.2) is 4.98 Å². The van der Waals surface area contributed by atoms with E-state index in [0.717, 1.165) is 16.5 Å². The van der Waals surface area contributed by atoms with E-state index in [-0.39, 0.29) is 0 Å². The number of hydrogen-bond donors (Lipinski definition) is 1. The second-order valence-electron chi connectivity index (χ2n) is 3.88. The first-order valence-corrected chi connectivity index (χ1v) is 7.51. The van der Waals surface area contributed by atoms with E-state index in [0.29, 0.717) is 0 Å². The zero-order valence-corrected chi connectivity index (χ0v) is 11.5. The van der Waals surface area contributed by atoms with E-state index in [2.05, 4.69) is 41.6 Å². The van der Waals surface area contributed by atoms with Crippen LogP contribution in [-0.4, -0.2) is 4.98 Å². The van der Waals surface area contributed by atoms with Crippen LogP contribution in [0.4, 0.5) is 0 Å². The highest BCUT2D eigenvalue weighted by atomic mass is 32.2. The Kier molecular flexibility index (Phi) is 4.59. The molecular formula is C13H16N2S2. The van der Waals surface area contributed by atoms with Crippen molar-refractivity contribution < 1.29 is 0 Å². The second-order valence-corrected chi connectivity index (χ2v) is 5.62. The maximum atomic E-state index is 5.52. The van der Waals surface area contributed by atoms with Crippen LogP contribution in [-0.2, 0) is 6.42 Å². The van der Waals surface area contributed by atoms with Crippen LogP contribution < -0.4 is 5.14 Å². The summed E-state index contributed by atoms with van der Waals surface area (Å²) in [5.41, 5.74) is 3.68. The summed E-state index contributed by atoms with van der Waals surface area (Å²) in [4.78, 5) is 4.52. The highest BCUT2D eigenvalue weighted by Crippen LogP contribution is 2.28. The van der Waals surface area contributed by atoms with Crippen molar-refractivity contribution >= 4 is 23.3 Å². The molecule has 0 aliphatic carbocycles. The molecule has 4 heteroatoms. The number of aromatic nitrogens is 1. The van der Waals surface area contributed by atoms with Crippen LogP contribution in [0, 0.1) is 0 Å². The van der Waals surface area contributed by atoms with Crippen LogP contribution in [0.25, 0.3) is 11.3 Å². The van der Waals surface area contributed by atoms with Gasteiger partial charge in [-0.15, -0.1) is 11.3 Å². The SMILES string of the molecule is CCCCc1ccccc1-c1csc(SN)n1. The molecule has 0 saturated carbocycles. The molecule has 0 unspecified atom stereocenters. The molecule has 1 aromatic heterocycles. The van der Waals surface area contributed by atoms with E-state index in [4.69, 9.17) is 5.14 Å². The lowest BCUT2D eigenvalue weighted by Crippen LogP contribution is -1.90. The third kappa shape index (κ3) is 3.09. The fourth-order valence-electron chi connectivity index (χ4n) is 1.79. The molecule has 0 aliphatic rings. The number of nitrogens with zero attached hydrogens (tertiary/aromatic N) is 1. The minimum absolute atomic E-state index is 0.922. The largest absolute Gasteiger partial charge is 0.272 e. The monoisotopic (exact) mass is 264 g/mol.